The van der Waals surface area contributed by atoms with Crippen LogP contribution in [0.5, 0.6) is 0 Å². The molecule has 0 fully saturated rings. The van der Waals surface area contributed by atoms with E-state index in [0.717, 1.165) is 0 Å². The molecular weight excluding hydrogens is 154 g/mol. The second-order valence-corrected chi connectivity index (χ2v) is 3.64. The third kappa shape index (κ3) is 7.87. The highest BCUT2D eigenvalue weighted by molar-refractivity contribution is 7.83. The molecule has 0 bridgehead atoms. The largest absolute Gasteiger partial charge is 0.350 e. The summed E-state index contributed by atoms with van der Waals surface area (Å²) >= 11 is 0. The van der Waals surface area contributed by atoms with Gasteiger partial charge in [0.1, 0.15) is 0 Å². The maximum atomic E-state index is 10.0. The van der Waals surface area contributed by atoms with Gasteiger partial charge in [-0.3, -0.25) is 4.55 Å². The Morgan fingerprint density at radius 2 is 2.00 bits per heavy atom. The average Bonchev–Trinajstić information content (AvgIpc) is 1.59. The summed E-state index contributed by atoms with van der Waals surface area (Å²) in [5.41, 5.74) is 0. The molecule has 0 spiro atoms. The lowest BCUT2D eigenvalue weighted by Crippen LogP contribution is -2.16. The second-order valence-electron chi connectivity index (χ2n) is 2.48. The fraction of sp³-hybridized carbons (Fsp3) is 1.00. The zero-order valence-electron chi connectivity index (χ0n) is 6.11. The van der Waals surface area contributed by atoms with Crippen LogP contribution in [0.25, 0.3) is 0 Å². The van der Waals surface area contributed by atoms with Crippen LogP contribution >= 0.6 is 0 Å². The van der Waals surface area contributed by atoms with Crippen LogP contribution in [0.2, 0.25) is 0 Å². The second kappa shape index (κ2) is 3.90. The van der Waals surface area contributed by atoms with Crippen molar-refractivity contribution in [1.82, 2.24) is 4.72 Å². The molecule has 10 heavy (non-hydrogen) atoms. The smallest absolute Gasteiger partial charge is 0.272 e. The normalized spacial score (nSPS) is 12.4. The third-order valence-corrected chi connectivity index (χ3v) is 1.47. The summed E-state index contributed by atoms with van der Waals surface area (Å²) in [5.74, 6) is 0.408. The zero-order chi connectivity index (χ0) is 8.20. The van der Waals surface area contributed by atoms with E-state index < -0.39 is 10.3 Å². The van der Waals surface area contributed by atoms with Crippen LogP contribution < -0.4 is 4.72 Å². The predicted octanol–water partition coefficient (Wildman–Crippen LogP) is 0.440. The van der Waals surface area contributed by atoms with E-state index in [1.165, 1.54) is 0 Å². The van der Waals surface area contributed by atoms with E-state index in [1.54, 1.807) is 0 Å². The quantitative estimate of drug-likeness (QED) is 0.616. The first-order chi connectivity index (χ1) is 4.42. The predicted molar refractivity (Wildman–Crippen MR) is 38.0 cm³/mol. The third-order valence-electron chi connectivity index (χ3n) is 0.961. The minimum atomic E-state index is -4.09. The molecule has 1 radical (unpaired) electrons. The lowest BCUT2D eigenvalue weighted by molar-refractivity contribution is 0.459. The van der Waals surface area contributed by atoms with Gasteiger partial charge in [0.2, 0.25) is 0 Å². The van der Waals surface area contributed by atoms with Crippen LogP contribution in [0.4, 0.5) is 0 Å². The summed E-state index contributed by atoms with van der Waals surface area (Å²) in [4.78, 5) is 0. The van der Waals surface area contributed by atoms with E-state index in [4.69, 9.17) is 4.55 Å². The van der Waals surface area contributed by atoms with Gasteiger partial charge in [0, 0.05) is 6.54 Å². The van der Waals surface area contributed by atoms with E-state index in [2.05, 4.69) is 4.72 Å². The van der Waals surface area contributed by atoms with Gasteiger partial charge in [-0.2, -0.15) is 8.42 Å². The Balaban J connectivity index is 3.39. The van der Waals surface area contributed by atoms with Gasteiger partial charge in [0.25, 0.3) is 0 Å². The lowest BCUT2D eigenvalue weighted by atomic mass is 10.1. The molecule has 0 aliphatic rings. The molecule has 5 heteroatoms. The Bertz CT molecular complexity index is 173. The van der Waals surface area contributed by atoms with Crippen molar-refractivity contribution in [3.63, 3.8) is 0 Å². The summed E-state index contributed by atoms with van der Waals surface area (Å²) in [5, 5.41) is 0. The highest BCUT2D eigenvalue weighted by atomic mass is 32.2. The van der Waals surface area contributed by atoms with Gasteiger partial charge >= 0.3 is 10.3 Å². The molecule has 1 N–H and O–H groups in total. The van der Waals surface area contributed by atoms with Crippen molar-refractivity contribution in [3.05, 3.63) is 0 Å². The van der Waals surface area contributed by atoms with Crippen LogP contribution in [-0.2, 0) is 10.3 Å². The molecule has 4 nitrogen and oxygen atoms in total. The Hall–Kier alpha value is -0.130. The first-order valence-corrected chi connectivity index (χ1v) is 4.47. The van der Waals surface area contributed by atoms with E-state index in [-0.39, 0.29) is 6.54 Å². The molecule has 0 aromatic rings. The number of hydrogen-bond donors (Lipinski definition) is 1. The Kier molecular flexibility index (Phi) is 3.85. The molecule has 0 atom stereocenters. The van der Waals surface area contributed by atoms with Crippen LogP contribution in [-0.4, -0.2) is 19.5 Å². The molecule has 61 valence electrons. The van der Waals surface area contributed by atoms with Crippen LogP contribution in [0, 0.1) is 5.92 Å². The monoisotopic (exact) mass is 166 g/mol. The Morgan fingerprint density at radius 3 is 2.30 bits per heavy atom. The number of rotatable bonds is 4. The van der Waals surface area contributed by atoms with Crippen LogP contribution in [0.15, 0.2) is 0 Å². The summed E-state index contributed by atoms with van der Waals surface area (Å²) in [7, 11) is -4.09. The maximum Gasteiger partial charge on any atom is 0.350 e. The van der Waals surface area contributed by atoms with Gasteiger partial charge in [-0.15, -0.1) is 0 Å². The zero-order valence-corrected chi connectivity index (χ0v) is 6.93. The molecule has 0 saturated heterocycles. The SMILES string of the molecule is CC(C)CC[N]S(=O)(=O)O. The van der Waals surface area contributed by atoms with Crippen molar-refractivity contribution in [2.75, 3.05) is 6.54 Å². The van der Waals surface area contributed by atoms with Gasteiger partial charge in [-0.1, -0.05) is 18.6 Å². The van der Waals surface area contributed by atoms with E-state index in [9.17, 15) is 8.42 Å². The van der Waals surface area contributed by atoms with Crippen molar-refractivity contribution >= 4 is 10.3 Å². The Morgan fingerprint density at radius 1 is 1.50 bits per heavy atom. The maximum absolute atomic E-state index is 10.0. The van der Waals surface area contributed by atoms with E-state index in [0.29, 0.717) is 12.3 Å². The van der Waals surface area contributed by atoms with Gasteiger partial charge in [-0.05, 0) is 12.3 Å². The Labute approximate surface area is 61.5 Å². The standard InChI is InChI=1S/C5H12NO3S/c1-5(2)3-4-6-10(7,8)9/h5H,3-4H2,1-2H3,(H,7,8,9). The van der Waals surface area contributed by atoms with Crippen molar-refractivity contribution in [3.8, 4) is 0 Å². The molecule has 0 aliphatic carbocycles. The van der Waals surface area contributed by atoms with Crippen LogP contribution in [0.3, 0.4) is 0 Å². The summed E-state index contributed by atoms with van der Waals surface area (Å²) < 4.78 is 31.2. The molecule has 0 aromatic heterocycles. The summed E-state index contributed by atoms with van der Waals surface area (Å²) in [6.07, 6.45) is 0.680. The van der Waals surface area contributed by atoms with Crippen molar-refractivity contribution in [1.29, 1.82) is 0 Å². The molecule has 0 amide bonds. The highest BCUT2D eigenvalue weighted by Gasteiger charge is 2.04. The molecule has 0 aliphatic heterocycles. The van der Waals surface area contributed by atoms with Gasteiger partial charge in [0.15, 0.2) is 0 Å². The summed E-state index contributed by atoms with van der Waals surface area (Å²) in [6, 6.07) is 0. The minimum Gasteiger partial charge on any atom is -0.272 e. The van der Waals surface area contributed by atoms with Crippen LogP contribution in [0.1, 0.15) is 20.3 Å². The molecule has 0 heterocycles. The molecule has 0 saturated carbocycles. The number of nitrogens with zero attached hydrogens (tertiary/aromatic N) is 1. The van der Waals surface area contributed by atoms with Crippen molar-refractivity contribution in [2.45, 2.75) is 20.3 Å². The average molecular weight is 166 g/mol. The minimum absolute atomic E-state index is 0.177. The molecule has 0 rings (SSSR count). The fourth-order valence-electron chi connectivity index (χ4n) is 0.426. The van der Waals surface area contributed by atoms with Gasteiger partial charge < -0.3 is 0 Å². The molecule has 0 aromatic carbocycles. The first-order valence-electron chi connectivity index (χ1n) is 3.08. The van der Waals surface area contributed by atoms with E-state index in [1.807, 2.05) is 13.8 Å². The first kappa shape index (κ1) is 9.87. The highest BCUT2D eigenvalue weighted by Crippen LogP contribution is 1.97. The van der Waals surface area contributed by atoms with Crippen molar-refractivity contribution in [2.24, 2.45) is 5.92 Å². The van der Waals surface area contributed by atoms with Crippen molar-refractivity contribution < 1.29 is 13.0 Å². The van der Waals surface area contributed by atoms with E-state index >= 15 is 0 Å². The molecular formula is C5H12NO3S. The fourth-order valence-corrected chi connectivity index (χ4v) is 0.762. The molecule has 0 unspecified atom stereocenters. The van der Waals surface area contributed by atoms with Gasteiger partial charge in [0.05, 0.1) is 0 Å². The number of hydrogen-bond acceptors (Lipinski definition) is 2. The lowest BCUT2D eigenvalue weighted by Gasteiger charge is -2.00. The summed E-state index contributed by atoms with van der Waals surface area (Å²) in [6.45, 7) is 4.09. The van der Waals surface area contributed by atoms with Gasteiger partial charge in [-0.25, -0.2) is 0 Å². The topological polar surface area (TPSA) is 68.5 Å².